The van der Waals surface area contributed by atoms with E-state index >= 15 is 0 Å². The summed E-state index contributed by atoms with van der Waals surface area (Å²) in [5.41, 5.74) is 4.68. The van der Waals surface area contributed by atoms with Crippen molar-refractivity contribution < 1.29 is 18.4 Å². The van der Waals surface area contributed by atoms with Crippen LogP contribution in [0.25, 0.3) is 0 Å². The van der Waals surface area contributed by atoms with Crippen molar-refractivity contribution >= 4 is 35.2 Å². The van der Waals surface area contributed by atoms with Crippen LogP contribution in [-0.4, -0.2) is 17.6 Å². The Labute approximate surface area is 140 Å². The molecule has 0 radical (unpaired) electrons. The van der Waals surface area contributed by atoms with Gasteiger partial charge in [0.25, 0.3) is 5.91 Å². The monoisotopic (exact) mass is 356 g/mol. The SMILES string of the molecule is O=C(CSc1cc(F)ccc1F)NNC(=O)c1cccc(Cl)c1. The number of hydrogen-bond donors (Lipinski definition) is 2. The van der Waals surface area contributed by atoms with Gasteiger partial charge in [-0.15, -0.1) is 11.8 Å². The Morgan fingerprint density at radius 2 is 1.87 bits per heavy atom. The van der Waals surface area contributed by atoms with E-state index in [1.165, 1.54) is 12.1 Å². The normalized spacial score (nSPS) is 10.2. The zero-order chi connectivity index (χ0) is 16.8. The van der Waals surface area contributed by atoms with E-state index in [4.69, 9.17) is 11.6 Å². The van der Waals surface area contributed by atoms with Gasteiger partial charge < -0.3 is 0 Å². The molecule has 2 rings (SSSR count). The summed E-state index contributed by atoms with van der Waals surface area (Å²) >= 11 is 6.58. The molecule has 8 heteroatoms. The molecule has 0 spiro atoms. The molecule has 2 aromatic carbocycles. The first-order valence-corrected chi connectivity index (χ1v) is 7.74. The number of hydrazine groups is 1. The van der Waals surface area contributed by atoms with Crippen molar-refractivity contribution in [2.45, 2.75) is 4.90 Å². The minimum atomic E-state index is -0.618. The van der Waals surface area contributed by atoms with E-state index in [0.717, 1.165) is 30.0 Å². The number of carbonyl (C=O) groups excluding carboxylic acids is 2. The number of hydrogen-bond acceptors (Lipinski definition) is 3. The summed E-state index contributed by atoms with van der Waals surface area (Å²) in [5.74, 6) is -2.50. The lowest BCUT2D eigenvalue weighted by Gasteiger charge is -2.08. The molecule has 0 aliphatic carbocycles. The van der Waals surface area contributed by atoms with Gasteiger partial charge in [0, 0.05) is 15.5 Å². The molecule has 0 aromatic heterocycles. The molecular weight excluding hydrogens is 346 g/mol. The maximum Gasteiger partial charge on any atom is 0.269 e. The van der Waals surface area contributed by atoms with E-state index in [0.29, 0.717) is 5.02 Å². The van der Waals surface area contributed by atoms with Crippen LogP contribution in [0.5, 0.6) is 0 Å². The van der Waals surface area contributed by atoms with Crippen LogP contribution in [0, 0.1) is 11.6 Å². The summed E-state index contributed by atoms with van der Waals surface area (Å²) < 4.78 is 26.4. The zero-order valence-corrected chi connectivity index (χ0v) is 13.2. The topological polar surface area (TPSA) is 58.2 Å². The highest BCUT2D eigenvalue weighted by atomic mass is 35.5. The summed E-state index contributed by atoms with van der Waals surface area (Å²) in [4.78, 5) is 23.4. The molecule has 0 unspecified atom stereocenters. The summed E-state index contributed by atoms with van der Waals surface area (Å²) in [6.45, 7) is 0. The molecule has 0 heterocycles. The van der Waals surface area contributed by atoms with Crippen LogP contribution >= 0.6 is 23.4 Å². The summed E-state index contributed by atoms with van der Waals surface area (Å²) in [6, 6.07) is 9.16. The molecule has 0 aliphatic rings. The summed E-state index contributed by atoms with van der Waals surface area (Å²) in [6.07, 6.45) is 0. The maximum absolute atomic E-state index is 13.4. The van der Waals surface area contributed by atoms with E-state index in [2.05, 4.69) is 10.9 Å². The lowest BCUT2D eigenvalue weighted by atomic mass is 10.2. The van der Waals surface area contributed by atoms with Crippen molar-refractivity contribution in [1.82, 2.24) is 10.9 Å². The van der Waals surface area contributed by atoms with Gasteiger partial charge in [0.1, 0.15) is 11.6 Å². The van der Waals surface area contributed by atoms with Crippen LogP contribution in [-0.2, 0) is 4.79 Å². The average Bonchev–Trinajstić information content (AvgIpc) is 2.53. The fraction of sp³-hybridized carbons (Fsp3) is 0.0667. The van der Waals surface area contributed by atoms with Gasteiger partial charge in [-0.25, -0.2) is 8.78 Å². The summed E-state index contributed by atoms with van der Waals surface area (Å²) in [5, 5.41) is 0.390. The first-order chi connectivity index (χ1) is 11.0. The minimum absolute atomic E-state index is 0.0151. The first-order valence-electron chi connectivity index (χ1n) is 6.38. The van der Waals surface area contributed by atoms with Crippen LogP contribution < -0.4 is 10.9 Å². The lowest BCUT2D eigenvalue weighted by Crippen LogP contribution is -2.42. The predicted octanol–water partition coefficient (Wildman–Crippen LogP) is 3.17. The highest BCUT2D eigenvalue weighted by Crippen LogP contribution is 2.22. The Balaban J connectivity index is 1.83. The van der Waals surface area contributed by atoms with E-state index < -0.39 is 23.4 Å². The third kappa shape index (κ3) is 5.22. The van der Waals surface area contributed by atoms with Gasteiger partial charge >= 0.3 is 0 Å². The molecular formula is C15H11ClF2N2O2S. The van der Waals surface area contributed by atoms with Crippen LogP contribution in [0.15, 0.2) is 47.4 Å². The van der Waals surface area contributed by atoms with Gasteiger partial charge in [-0.2, -0.15) is 0 Å². The Morgan fingerprint density at radius 3 is 2.61 bits per heavy atom. The van der Waals surface area contributed by atoms with Gasteiger partial charge in [-0.3, -0.25) is 20.4 Å². The summed E-state index contributed by atoms with van der Waals surface area (Å²) in [7, 11) is 0. The van der Waals surface area contributed by atoms with Crippen molar-refractivity contribution in [2.75, 3.05) is 5.75 Å². The molecule has 0 fully saturated rings. The molecule has 2 amide bonds. The van der Waals surface area contributed by atoms with Crippen molar-refractivity contribution in [3.05, 3.63) is 64.7 Å². The molecule has 0 aliphatic heterocycles. The smallest absolute Gasteiger partial charge is 0.269 e. The van der Waals surface area contributed by atoms with Gasteiger partial charge in [-0.1, -0.05) is 17.7 Å². The lowest BCUT2D eigenvalue weighted by molar-refractivity contribution is -0.119. The van der Waals surface area contributed by atoms with Gasteiger partial charge in [0.2, 0.25) is 5.91 Å². The Morgan fingerprint density at radius 1 is 1.09 bits per heavy atom. The van der Waals surface area contributed by atoms with Crippen molar-refractivity contribution in [3.63, 3.8) is 0 Å². The van der Waals surface area contributed by atoms with Gasteiger partial charge in [0.15, 0.2) is 0 Å². The number of halogens is 3. The van der Waals surface area contributed by atoms with Crippen LogP contribution in [0.1, 0.15) is 10.4 Å². The highest BCUT2D eigenvalue weighted by Gasteiger charge is 2.10. The Kier molecular flexibility index (Phi) is 5.95. The Bertz CT molecular complexity index is 743. The van der Waals surface area contributed by atoms with Crippen LogP contribution in [0.2, 0.25) is 5.02 Å². The second kappa shape index (κ2) is 7.94. The molecule has 0 bridgehead atoms. The first kappa shape index (κ1) is 17.2. The van der Waals surface area contributed by atoms with Crippen molar-refractivity contribution in [2.24, 2.45) is 0 Å². The van der Waals surface area contributed by atoms with Gasteiger partial charge in [0.05, 0.1) is 5.75 Å². The molecule has 0 atom stereocenters. The van der Waals surface area contributed by atoms with Crippen LogP contribution in [0.4, 0.5) is 8.78 Å². The van der Waals surface area contributed by atoms with Crippen molar-refractivity contribution in [1.29, 1.82) is 0 Å². The molecule has 4 nitrogen and oxygen atoms in total. The van der Waals surface area contributed by atoms with E-state index in [1.54, 1.807) is 12.1 Å². The second-order valence-electron chi connectivity index (χ2n) is 4.38. The molecule has 2 N–H and O–H groups in total. The molecule has 2 aromatic rings. The fourth-order valence-electron chi connectivity index (χ4n) is 1.60. The minimum Gasteiger partial charge on any atom is -0.272 e. The fourth-order valence-corrected chi connectivity index (χ4v) is 2.55. The highest BCUT2D eigenvalue weighted by molar-refractivity contribution is 8.00. The number of carbonyl (C=O) groups is 2. The van der Waals surface area contributed by atoms with Gasteiger partial charge in [-0.05, 0) is 36.4 Å². The number of amides is 2. The maximum atomic E-state index is 13.4. The number of thioether (sulfide) groups is 1. The third-order valence-electron chi connectivity index (χ3n) is 2.65. The zero-order valence-electron chi connectivity index (χ0n) is 11.6. The van der Waals surface area contributed by atoms with E-state index in [9.17, 15) is 18.4 Å². The quantitative estimate of drug-likeness (QED) is 0.653. The number of nitrogens with one attached hydrogen (secondary N) is 2. The third-order valence-corrected chi connectivity index (χ3v) is 3.92. The molecule has 0 saturated carbocycles. The van der Waals surface area contributed by atoms with Crippen molar-refractivity contribution in [3.8, 4) is 0 Å². The second-order valence-corrected chi connectivity index (χ2v) is 5.83. The van der Waals surface area contributed by atoms with E-state index in [1.807, 2.05) is 0 Å². The standard InChI is InChI=1S/C15H11ClF2N2O2S/c16-10-3-1-2-9(6-10)15(22)20-19-14(21)8-23-13-7-11(17)4-5-12(13)18/h1-7H,8H2,(H,19,21)(H,20,22). The molecule has 23 heavy (non-hydrogen) atoms. The van der Waals surface area contributed by atoms with Crippen LogP contribution in [0.3, 0.4) is 0 Å². The largest absolute Gasteiger partial charge is 0.272 e. The molecule has 120 valence electrons. The van der Waals surface area contributed by atoms with E-state index in [-0.39, 0.29) is 16.2 Å². The predicted molar refractivity (Wildman–Crippen MR) is 84.1 cm³/mol. The number of benzene rings is 2. The average molecular weight is 357 g/mol. The number of rotatable bonds is 4. The molecule has 0 saturated heterocycles. The Hall–Kier alpha value is -2.12.